The summed E-state index contributed by atoms with van der Waals surface area (Å²) in [5, 5.41) is 2.65. The van der Waals surface area contributed by atoms with E-state index < -0.39 is 6.04 Å². The van der Waals surface area contributed by atoms with Crippen molar-refractivity contribution in [3.8, 4) is 0 Å². The monoisotopic (exact) mass is 264 g/mol. The Kier molecular flexibility index (Phi) is 4.14. The molecule has 1 atom stereocenters. The van der Waals surface area contributed by atoms with Crippen LogP contribution in [0.3, 0.4) is 0 Å². The maximum Gasteiger partial charge on any atom is 0.244 e. The lowest BCUT2D eigenvalue weighted by Gasteiger charge is -2.22. The Balaban J connectivity index is 1.96. The number of carbonyl (C=O) groups is 2. The fourth-order valence-corrected chi connectivity index (χ4v) is 2.13. The third kappa shape index (κ3) is 3.53. The fourth-order valence-electron chi connectivity index (χ4n) is 2.13. The van der Waals surface area contributed by atoms with Crippen LogP contribution in [-0.2, 0) is 16.0 Å². The number of carbonyl (C=O) groups excluding carboxylic acids is 2. The highest BCUT2D eigenvalue weighted by Gasteiger charge is 2.25. The van der Waals surface area contributed by atoms with E-state index in [4.69, 9.17) is 0 Å². The summed E-state index contributed by atoms with van der Waals surface area (Å²) in [4.78, 5) is 25.1. The van der Waals surface area contributed by atoms with Gasteiger partial charge in [-0.15, -0.1) is 0 Å². The molecule has 102 valence electrons. The van der Waals surface area contributed by atoms with Crippen LogP contribution >= 0.6 is 0 Å². The van der Waals surface area contributed by atoms with Gasteiger partial charge in [-0.05, 0) is 31.0 Å². The number of amides is 2. The van der Waals surface area contributed by atoms with Gasteiger partial charge in [0.25, 0.3) is 0 Å². The summed E-state index contributed by atoms with van der Waals surface area (Å²) >= 11 is 0. The summed E-state index contributed by atoms with van der Waals surface area (Å²) in [5.74, 6) is -0.420. The summed E-state index contributed by atoms with van der Waals surface area (Å²) in [6, 6.07) is 5.78. The highest BCUT2D eigenvalue weighted by atomic mass is 19.1. The van der Waals surface area contributed by atoms with Gasteiger partial charge in [0.05, 0.1) is 0 Å². The average molecular weight is 264 g/mol. The number of hydrogen-bond acceptors (Lipinski definition) is 2. The number of hydrogen-bond donors (Lipinski definition) is 1. The zero-order valence-electron chi connectivity index (χ0n) is 10.9. The predicted octanol–water partition coefficient (Wildman–Crippen LogP) is 1.11. The second-order valence-electron chi connectivity index (χ2n) is 4.74. The van der Waals surface area contributed by atoms with Crippen molar-refractivity contribution in [2.24, 2.45) is 0 Å². The molecule has 0 radical (unpaired) electrons. The van der Waals surface area contributed by atoms with Crippen molar-refractivity contribution in [2.45, 2.75) is 25.8 Å². The van der Waals surface area contributed by atoms with Crippen molar-refractivity contribution in [1.82, 2.24) is 10.2 Å². The number of benzene rings is 1. The van der Waals surface area contributed by atoms with Crippen LogP contribution in [0.4, 0.5) is 4.39 Å². The zero-order chi connectivity index (χ0) is 13.8. The Morgan fingerprint density at radius 2 is 2.00 bits per heavy atom. The molecule has 5 heteroatoms. The normalized spacial score (nSPS) is 20.1. The average Bonchev–Trinajstić information content (AvgIpc) is 2.50. The smallest absolute Gasteiger partial charge is 0.244 e. The second kappa shape index (κ2) is 5.82. The number of rotatable bonds is 3. The van der Waals surface area contributed by atoms with Crippen LogP contribution in [0, 0.1) is 5.82 Å². The van der Waals surface area contributed by atoms with Crippen LogP contribution in [-0.4, -0.2) is 35.8 Å². The molecule has 0 aliphatic carbocycles. The second-order valence-corrected chi connectivity index (χ2v) is 4.74. The lowest BCUT2D eigenvalue weighted by atomic mass is 10.1. The van der Waals surface area contributed by atoms with Gasteiger partial charge < -0.3 is 10.2 Å². The lowest BCUT2D eigenvalue weighted by molar-refractivity contribution is -0.133. The van der Waals surface area contributed by atoms with E-state index in [1.165, 1.54) is 12.1 Å². The third-order valence-electron chi connectivity index (χ3n) is 3.25. The third-order valence-corrected chi connectivity index (χ3v) is 3.25. The summed E-state index contributed by atoms with van der Waals surface area (Å²) in [6.45, 7) is 2.68. The standard InChI is InChI=1S/C14H17FN2O2/c1-10-14(19)17(9-7-13(18)16-10)8-6-11-2-4-12(15)5-3-11/h2-5,10H,6-9H2,1H3,(H,16,18). The zero-order valence-corrected chi connectivity index (χ0v) is 10.9. The van der Waals surface area contributed by atoms with Gasteiger partial charge in [-0.2, -0.15) is 0 Å². The Hall–Kier alpha value is -1.91. The Labute approximate surface area is 111 Å². The van der Waals surface area contributed by atoms with Crippen LogP contribution in [0.25, 0.3) is 0 Å². The van der Waals surface area contributed by atoms with E-state index in [0.717, 1.165) is 5.56 Å². The molecule has 0 aromatic heterocycles. The minimum Gasteiger partial charge on any atom is -0.345 e. The summed E-state index contributed by atoms with van der Waals surface area (Å²) in [7, 11) is 0. The van der Waals surface area contributed by atoms with E-state index in [2.05, 4.69) is 5.32 Å². The molecule has 1 aromatic rings. The molecule has 1 heterocycles. The highest BCUT2D eigenvalue weighted by Crippen LogP contribution is 2.08. The molecule has 19 heavy (non-hydrogen) atoms. The van der Waals surface area contributed by atoms with Gasteiger partial charge >= 0.3 is 0 Å². The van der Waals surface area contributed by atoms with Gasteiger partial charge in [-0.25, -0.2) is 4.39 Å². The Morgan fingerprint density at radius 3 is 2.68 bits per heavy atom. The number of nitrogens with one attached hydrogen (secondary N) is 1. The van der Waals surface area contributed by atoms with Crippen molar-refractivity contribution in [3.63, 3.8) is 0 Å². The fraction of sp³-hybridized carbons (Fsp3) is 0.429. The Bertz CT molecular complexity index is 473. The summed E-state index contributed by atoms with van der Waals surface area (Å²) in [6.07, 6.45) is 0.992. The first-order valence-electron chi connectivity index (χ1n) is 6.39. The molecule has 2 amide bonds. The van der Waals surface area contributed by atoms with Crippen molar-refractivity contribution in [2.75, 3.05) is 13.1 Å². The van der Waals surface area contributed by atoms with E-state index in [1.54, 1.807) is 24.0 Å². The van der Waals surface area contributed by atoms with Crippen molar-refractivity contribution < 1.29 is 14.0 Å². The molecule has 2 rings (SSSR count). The molecule has 1 aliphatic rings. The summed E-state index contributed by atoms with van der Waals surface area (Å²) < 4.78 is 12.8. The van der Waals surface area contributed by atoms with E-state index in [9.17, 15) is 14.0 Å². The minimum atomic E-state index is -0.469. The topological polar surface area (TPSA) is 49.4 Å². The van der Waals surface area contributed by atoms with Crippen LogP contribution in [0.2, 0.25) is 0 Å². The van der Waals surface area contributed by atoms with Crippen LogP contribution in [0.15, 0.2) is 24.3 Å². The lowest BCUT2D eigenvalue weighted by Crippen LogP contribution is -2.43. The van der Waals surface area contributed by atoms with Crippen LogP contribution in [0.5, 0.6) is 0 Å². The predicted molar refractivity (Wildman–Crippen MR) is 68.9 cm³/mol. The van der Waals surface area contributed by atoms with Gasteiger partial charge in [0, 0.05) is 19.5 Å². The molecule has 1 saturated heterocycles. The highest BCUT2D eigenvalue weighted by molar-refractivity contribution is 5.89. The van der Waals surface area contributed by atoms with E-state index in [-0.39, 0.29) is 17.6 Å². The molecule has 4 nitrogen and oxygen atoms in total. The molecule has 0 bridgehead atoms. The van der Waals surface area contributed by atoms with Crippen LogP contribution < -0.4 is 5.32 Å². The first-order chi connectivity index (χ1) is 9.06. The SMILES string of the molecule is CC1NC(=O)CCN(CCc2ccc(F)cc2)C1=O. The molecular formula is C14H17FN2O2. The molecule has 1 N–H and O–H groups in total. The first-order valence-corrected chi connectivity index (χ1v) is 6.39. The molecule has 0 saturated carbocycles. The Morgan fingerprint density at radius 1 is 1.32 bits per heavy atom. The van der Waals surface area contributed by atoms with Gasteiger partial charge in [0.15, 0.2) is 0 Å². The molecule has 1 unspecified atom stereocenters. The summed E-state index contributed by atoms with van der Waals surface area (Å²) in [5.41, 5.74) is 0.977. The van der Waals surface area contributed by atoms with Gasteiger partial charge in [0.1, 0.15) is 11.9 Å². The molecule has 1 aliphatic heterocycles. The van der Waals surface area contributed by atoms with Crippen LogP contribution in [0.1, 0.15) is 18.9 Å². The maximum atomic E-state index is 12.8. The van der Waals surface area contributed by atoms with Crippen molar-refractivity contribution >= 4 is 11.8 Å². The van der Waals surface area contributed by atoms with Crippen molar-refractivity contribution in [3.05, 3.63) is 35.6 Å². The molecular weight excluding hydrogens is 247 g/mol. The van der Waals surface area contributed by atoms with Gasteiger partial charge in [-0.3, -0.25) is 9.59 Å². The van der Waals surface area contributed by atoms with Gasteiger partial charge in [0.2, 0.25) is 11.8 Å². The number of nitrogens with zero attached hydrogens (tertiary/aromatic N) is 1. The van der Waals surface area contributed by atoms with E-state index >= 15 is 0 Å². The molecule has 1 fully saturated rings. The van der Waals surface area contributed by atoms with E-state index in [1.807, 2.05) is 0 Å². The first kappa shape index (κ1) is 13.5. The largest absolute Gasteiger partial charge is 0.345 e. The molecule has 1 aromatic carbocycles. The molecule has 0 spiro atoms. The van der Waals surface area contributed by atoms with Crippen molar-refractivity contribution in [1.29, 1.82) is 0 Å². The maximum absolute atomic E-state index is 12.8. The van der Waals surface area contributed by atoms with E-state index in [0.29, 0.717) is 25.9 Å². The minimum absolute atomic E-state index is 0.0621. The van der Waals surface area contributed by atoms with Gasteiger partial charge in [-0.1, -0.05) is 12.1 Å². The number of halogens is 1. The quantitative estimate of drug-likeness (QED) is 0.889.